The molecule has 2 aliphatic heterocycles. The predicted molar refractivity (Wildman–Crippen MR) is 117 cm³/mol. The number of amides is 1. The molecule has 3 aromatic carbocycles. The van der Waals surface area contributed by atoms with E-state index in [4.69, 9.17) is 21.1 Å². The van der Waals surface area contributed by atoms with E-state index in [0.29, 0.717) is 33.7 Å². The highest BCUT2D eigenvalue weighted by molar-refractivity contribution is 6.34. The van der Waals surface area contributed by atoms with Gasteiger partial charge in [-0.15, -0.1) is 0 Å². The molecule has 6 heteroatoms. The van der Waals surface area contributed by atoms with Crippen LogP contribution < -0.4 is 14.4 Å². The number of hydrogen-bond donors (Lipinski definition) is 0. The predicted octanol–water partition coefficient (Wildman–Crippen LogP) is 5.21. The molecular weight excluding hydrogens is 400 g/mol. The van der Waals surface area contributed by atoms with Crippen LogP contribution >= 0.6 is 11.6 Å². The minimum absolute atomic E-state index is 0.203. The van der Waals surface area contributed by atoms with Gasteiger partial charge < -0.3 is 9.47 Å². The van der Waals surface area contributed by atoms with Crippen molar-refractivity contribution in [3.05, 3.63) is 94.1 Å². The lowest BCUT2D eigenvalue weighted by Crippen LogP contribution is -2.32. The Morgan fingerprint density at radius 2 is 1.70 bits per heavy atom. The molecule has 2 heterocycles. The Bertz CT molecular complexity index is 1200. The number of rotatable bonds is 3. The zero-order valence-corrected chi connectivity index (χ0v) is 16.9. The van der Waals surface area contributed by atoms with Gasteiger partial charge in [-0.25, -0.2) is 4.99 Å². The molecule has 0 bridgehead atoms. The molecule has 0 atom stereocenters. The van der Waals surface area contributed by atoms with Crippen molar-refractivity contribution in [1.82, 2.24) is 0 Å². The quantitative estimate of drug-likeness (QED) is 0.550. The van der Waals surface area contributed by atoms with Gasteiger partial charge in [-0.05, 0) is 55.0 Å². The summed E-state index contributed by atoms with van der Waals surface area (Å²) >= 11 is 6.04. The second-order valence-electron chi connectivity index (χ2n) is 7.06. The number of benzene rings is 3. The van der Waals surface area contributed by atoms with E-state index >= 15 is 0 Å². The highest BCUT2D eigenvalue weighted by Gasteiger charge is 2.32. The Kier molecular flexibility index (Phi) is 4.52. The van der Waals surface area contributed by atoms with Gasteiger partial charge in [0.15, 0.2) is 11.5 Å². The zero-order chi connectivity index (χ0) is 20.7. The number of aryl methyl sites for hydroxylation is 1. The molecule has 0 radical (unpaired) electrons. The van der Waals surface area contributed by atoms with Crippen LogP contribution in [0, 0.1) is 6.92 Å². The molecule has 0 fully saturated rings. The van der Waals surface area contributed by atoms with Crippen LogP contribution in [0.25, 0.3) is 6.08 Å². The van der Waals surface area contributed by atoms with Crippen molar-refractivity contribution in [3.63, 3.8) is 0 Å². The van der Waals surface area contributed by atoms with Crippen LogP contribution in [0.5, 0.6) is 11.5 Å². The molecule has 0 saturated heterocycles. The molecule has 0 spiro atoms. The zero-order valence-electron chi connectivity index (χ0n) is 16.1. The third-order valence-corrected chi connectivity index (χ3v) is 5.21. The van der Waals surface area contributed by atoms with Gasteiger partial charge in [-0.2, -0.15) is 0 Å². The normalized spacial score (nSPS) is 16.3. The molecule has 5 rings (SSSR count). The first-order valence-corrected chi connectivity index (χ1v) is 9.83. The van der Waals surface area contributed by atoms with Gasteiger partial charge >= 0.3 is 0 Å². The van der Waals surface area contributed by atoms with Crippen molar-refractivity contribution in [2.24, 2.45) is 4.99 Å². The maximum absolute atomic E-state index is 13.3. The summed E-state index contributed by atoms with van der Waals surface area (Å²) < 4.78 is 10.8. The van der Waals surface area contributed by atoms with E-state index in [0.717, 1.165) is 16.7 Å². The fourth-order valence-electron chi connectivity index (χ4n) is 3.40. The van der Waals surface area contributed by atoms with E-state index in [1.807, 2.05) is 61.5 Å². The molecule has 2 aliphatic rings. The Balaban J connectivity index is 1.59. The van der Waals surface area contributed by atoms with Gasteiger partial charge in [0, 0.05) is 10.6 Å². The van der Waals surface area contributed by atoms with E-state index in [1.165, 1.54) is 0 Å². The van der Waals surface area contributed by atoms with Gasteiger partial charge in [-0.1, -0.05) is 47.5 Å². The lowest BCUT2D eigenvalue weighted by atomic mass is 10.1. The van der Waals surface area contributed by atoms with Gasteiger partial charge in [-0.3, -0.25) is 9.69 Å². The maximum atomic E-state index is 13.3. The molecule has 3 aromatic rings. The molecule has 1 amide bonds. The molecule has 0 aliphatic carbocycles. The van der Waals surface area contributed by atoms with Crippen LogP contribution in [0.1, 0.15) is 16.7 Å². The summed E-state index contributed by atoms with van der Waals surface area (Å²) in [6.07, 6.45) is 1.76. The van der Waals surface area contributed by atoms with E-state index in [9.17, 15) is 4.79 Å². The molecule has 0 unspecified atom stereocenters. The molecule has 5 nitrogen and oxygen atoms in total. The van der Waals surface area contributed by atoms with Crippen molar-refractivity contribution in [2.45, 2.75) is 6.92 Å². The lowest BCUT2D eigenvalue weighted by Gasteiger charge is -2.18. The molecule has 0 N–H and O–H groups in total. The first kappa shape index (κ1) is 18.5. The Morgan fingerprint density at radius 1 is 0.967 bits per heavy atom. The summed E-state index contributed by atoms with van der Waals surface area (Å²) in [5.74, 6) is 1.73. The number of hydrogen-bond acceptors (Lipinski definition) is 4. The highest BCUT2D eigenvalue weighted by Crippen LogP contribution is 2.34. The van der Waals surface area contributed by atoms with Crippen molar-refractivity contribution >= 4 is 35.1 Å². The van der Waals surface area contributed by atoms with E-state index in [-0.39, 0.29) is 12.7 Å². The number of fused-ring (bicyclic) bond motifs is 1. The number of aliphatic imine (C=N–C) groups is 1. The van der Waals surface area contributed by atoms with E-state index in [2.05, 4.69) is 4.99 Å². The van der Waals surface area contributed by atoms with Gasteiger partial charge in [0.25, 0.3) is 5.91 Å². The average molecular weight is 417 g/mol. The topological polar surface area (TPSA) is 51.1 Å². The Labute approximate surface area is 178 Å². The van der Waals surface area contributed by atoms with Crippen molar-refractivity contribution in [3.8, 4) is 11.5 Å². The monoisotopic (exact) mass is 416 g/mol. The standard InChI is InChI=1S/C24H17ClN2O3/c1-15-2-5-17(6-3-15)23-26-20(12-16-4-11-21-22(13-16)30-14-29-21)24(28)27(23)19-9-7-18(25)8-10-19/h2-13H,14H2,1H3/b20-12+. The van der Waals surface area contributed by atoms with E-state index in [1.54, 1.807) is 23.1 Å². The SMILES string of the molecule is Cc1ccc(C2=N/C(=C/c3ccc4c(c3)OCO4)C(=O)N2c2ccc(Cl)cc2)cc1. The number of carbonyl (C=O) groups excluding carboxylic acids is 1. The number of anilines is 1. The van der Waals surface area contributed by atoms with Crippen molar-refractivity contribution in [2.75, 3.05) is 11.7 Å². The number of amidine groups is 1. The van der Waals surface area contributed by atoms with Gasteiger partial charge in [0.1, 0.15) is 11.5 Å². The van der Waals surface area contributed by atoms with Crippen molar-refractivity contribution < 1.29 is 14.3 Å². The highest BCUT2D eigenvalue weighted by atomic mass is 35.5. The van der Waals surface area contributed by atoms with E-state index < -0.39 is 0 Å². The summed E-state index contributed by atoms with van der Waals surface area (Å²) in [4.78, 5) is 19.6. The van der Waals surface area contributed by atoms with Crippen LogP contribution in [0.3, 0.4) is 0 Å². The second-order valence-corrected chi connectivity index (χ2v) is 7.50. The lowest BCUT2D eigenvalue weighted by molar-refractivity contribution is -0.113. The van der Waals surface area contributed by atoms with Crippen LogP contribution in [0.4, 0.5) is 5.69 Å². The fraction of sp³-hybridized carbons (Fsp3) is 0.0833. The second kappa shape index (κ2) is 7.35. The van der Waals surface area contributed by atoms with Crippen LogP contribution in [0.2, 0.25) is 5.02 Å². The molecule has 0 saturated carbocycles. The summed E-state index contributed by atoms with van der Waals surface area (Å²) in [6.45, 7) is 2.22. The smallest absolute Gasteiger partial charge is 0.282 e. The van der Waals surface area contributed by atoms with Gasteiger partial charge in [0.05, 0.1) is 5.69 Å². The summed E-state index contributed by atoms with van der Waals surface area (Å²) in [5, 5.41) is 0.607. The molecule has 0 aromatic heterocycles. The Hall–Kier alpha value is -3.57. The van der Waals surface area contributed by atoms with Crippen LogP contribution in [-0.2, 0) is 4.79 Å². The first-order valence-electron chi connectivity index (χ1n) is 9.45. The summed E-state index contributed by atoms with van der Waals surface area (Å²) in [5.41, 5.74) is 3.86. The third-order valence-electron chi connectivity index (χ3n) is 4.95. The Morgan fingerprint density at radius 3 is 2.47 bits per heavy atom. The minimum atomic E-state index is -0.203. The maximum Gasteiger partial charge on any atom is 0.282 e. The first-order chi connectivity index (χ1) is 14.6. The summed E-state index contributed by atoms with van der Waals surface area (Å²) in [6, 6.07) is 20.6. The van der Waals surface area contributed by atoms with Crippen molar-refractivity contribution in [1.29, 1.82) is 0 Å². The van der Waals surface area contributed by atoms with Crippen LogP contribution in [0.15, 0.2) is 77.4 Å². The molecular formula is C24H17ClN2O3. The van der Waals surface area contributed by atoms with Gasteiger partial charge in [0.2, 0.25) is 6.79 Å². The fourth-order valence-corrected chi connectivity index (χ4v) is 3.53. The molecule has 30 heavy (non-hydrogen) atoms. The van der Waals surface area contributed by atoms with Crippen LogP contribution in [-0.4, -0.2) is 18.5 Å². The number of ether oxygens (including phenoxy) is 2. The summed E-state index contributed by atoms with van der Waals surface area (Å²) in [7, 11) is 0. The molecule has 148 valence electrons. The third kappa shape index (κ3) is 3.33. The minimum Gasteiger partial charge on any atom is -0.454 e. The largest absolute Gasteiger partial charge is 0.454 e. The number of carbonyl (C=O) groups is 1. The average Bonchev–Trinajstić information content (AvgIpc) is 3.34. The number of halogens is 1. The number of nitrogens with zero attached hydrogens (tertiary/aromatic N) is 2.